The van der Waals surface area contributed by atoms with Crippen molar-refractivity contribution in [1.29, 1.82) is 0 Å². The molecule has 0 aromatic rings. The average Bonchev–Trinajstić information content (AvgIpc) is 2.44. The van der Waals surface area contributed by atoms with Gasteiger partial charge in [-0.1, -0.05) is 77.0 Å². The summed E-state index contributed by atoms with van der Waals surface area (Å²) in [5, 5.41) is 0. The number of hydrogen-bond donors (Lipinski definition) is 4. The standard InChI is InChI=1S/C16H36O6P2/c17-23(18,19)15-13-11-9-7-5-3-1-2-4-6-8-10-12-14-16-24(20,21)22/h1-16H2,(H2,17,18,19)(H2,20,21,22). The van der Waals surface area contributed by atoms with Crippen LogP contribution in [-0.2, 0) is 9.13 Å². The smallest absolute Gasteiger partial charge is 0.324 e. The first kappa shape index (κ1) is 24.3. The van der Waals surface area contributed by atoms with E-state index in [1.165, 1.54) is 38.5 Å². The summed E-state index contributed by atoms with van der Waals surface area (Å²) in [5.41, 5.74) is 0. The van der Waals surface area contributed by atoms with E-state index in [0.717, 1.165) is 38.5 Å². The maximum absolute atomic E-state index is 10.7. The van der Waals surface area contributed by atoms with E-state index in [9.17, 15) is 9.13 Å². The maximum Gasteiger partial charge on any atom is 0.325 e. The maximum atomic E-state index is 10.7. The lowest BCUT2D eigenvalue weighted by atomic mass is 10.0. The van der Waals surface area contributed by atoms with E-state index < -0.39 is 15.2 Å². The Morgan fingerprint density at radius 1 is 0.375 bits per heavy atom. The topological polar surface area (TPSA) is 115 Å². The molecule has 4 N–H and O–H groups in total. The summed E-state index contributed by atoms with van der Waals surface area (Å²) >= 11 is 0. The van der Waals surface area contributed by atoms with Crippen molar-refractivity contribution in [2.75, 3.05) is 12.3 Å². The second-order valence-corrected chi connectivity index (χ2v) is 10.3. The number of rotatable bonds is 17. The molecule has 0 aromatic carbocycles. The van der Waals surface area contributed by atoms with E-state index in [2.05, 4.69) is 0 Å². The van der Waals surface area contributed by atoms with Crippen LogP contribution in [-0.4, -0.2) is 31.9 Å². The second kappa shape index (κ2) is 14.5. The lowest BCUT2D eigenvalue weighted by Crippen LogP contribution is -1.89. The summed E-state index contributed by atoms with van der Waals surface area (Å²) < 4.78 is 21.3. The highest BCUT2D eigenvalue weighted by Gasteiger charge is 2.11. The second-order valence-electron chi connectivity index (χ2n) is 6.73. The monoisotopic (exact) mass is 386 g/mol. The van der Waals surface area contributed by atoms with E-state index in [0.29, 0.717) is 12.8 Å². The van der Waals surface area contributed by atoms with Crippen LogP contribution in [0.4, 0.5) is 0 Å². The van der Waals surface area contributed by atoms with Gasteiger partial charge in [-0.3, -0.25) is 9.13 Å². The highest BCUT2D eigenvalue weighted by Crippen LogP contribution is 2.36. The molecule has 0 aliphatic carbocycles. The summed E-state index contributed by atoms with van der Waals surface area (Å²) in [6.07, 6.45) is 14.9. The summed E-state index contributed by atoms with van der Waals surface area (Å²) in [5.74, 6) is 0. The fourth-order valence-electron chi connectivity index (χ4n) is 2.76. The van der Waals surface area contributed by atoms with Gasteiger partial charge in [-0.2, -0.15) is 0 Å². The van der Waals surface area contributed by atoms with E-state index in [4.69, 9.17) is 19.6 Å². The van der Waals surface area contributed by atoms with Crippen molar-refractivity contribution in [2.24, 2.45) is 0 Å². The van der Waals surface area contributed by atoms with Crippen molar-refractivity contribution in [1.82, 2.24) is 0 Å². The number of unbranched alkanes of at least 4 members (excludes halogenated alkanes) is 13. The first-order valence-corrected chi connectivity index (χ1v) is 12.9. The molecule has 0 heterocycles. The van der Waals surface area contributed by atoms with Gasteiger partial charge in [0.25, 0.3) is 0 Å². The molecule has 0 unspecified atom stereocenters. The van der Waals surface area contributed by atoms with E-state index in [1.54, 1.807) is 0 Å². The van der Waals surface area contributed by atoms with Crippen LogP contribution in [0.5, 0.6) is 0 Å². The van der Waals surface area contributed by atoms with Crippen LogP contribution < -0.4 is 0 Å². The van der Waals surface area contributed by atoms with Crippen LogP contribution in [0.25, 0.3) is 0 Å². The van der Waals surface area contributed by atoms with Crippen LogP contribution in [0.1, 0.15) is 89.9 Å². The molecule has 0 radical (unpaired) electrons. The predicted molar refractivity (Wildman–Crippen MR) is 98.5 cm³/mol. The first-order chi connectivity index (χ1) is 11.2. The first-order valence-electron chi connectivity index (χ1n) is 9.30. The fraction of sp³-hybridized carbons (Fsp3) is 1.00. The normalized spacial score (nSPS) is 12.7. The highest BCUT2D eigenvalue weighted by molar-refractivity contribution is 7.52. The van der Waals surface area contributed by atoms with Crippen molar-refractivity contribution >= 4 is 15.2 Å². The van der Waals surface area contributed by atoms with Crippen LogP contribution in [0.15, 0.2) is 0 Å². The van der Waals surface area contributed by atoms with Gasteiger partial charge in [0.2, 0.25) is 0 Å². The Morgan fingerprint density at radius 3 is 0.708 bits per heavy atom. The zero-order chi connectivity index (χ0) is 18.3. The third-order valence-electron chi connectivity index (χ3n) is 4.15. The highest BCUT2D eigenvalue weighted by atomic mass is 31.2. The van der Waals surface area contributed by atoms with Gasteiger partial charge in [0.1, 0.15) is 0 Å². The Balaban J connectivity index is 3.10. The molecule has 0 bridgehead atoms. The molecule has 0 saturated carbocycles. The minimum absolute atomic E-state index is 0.0201. The molecule has 0 aliphatic rings. The average molecular weight is 386 g/mol. The summed E-state index contributed by atoms with van der Waals surface area (Å²) in [4.78, 5) is 34.9. The van der Waals surface area contributed by atoms with Gasteiger partial charge in [-0.05, 0) is 12.8 Å². The Kier molecular flexibility index (Phi) is 14.6. The van der Waals surface area contributed by atoms with Gasteiger partial charge in [-0.25, -0.2) is 0 Å². The van der Waals surface area contributed by atoms with Crippen molar-refractivity contribution in [3.63, 3.8) is 0 Å². The van der Waals surface area contributed by atoms with Gasteiger partial charge >= 0.3 is 15.2 Å². The van der Waals surface area contributed by atoms with Crippen molar-refractivity contribution in [2.45, 2.75) is 89.9 Å². The summed E-state index contributed by atoms with van der Waals surface area (Å²) in [7, 11) is -7.59. The molecular weight excluding hydrogens is 350 g/mol. The molecule has 0 aliphatic heterocycles. The molecule has 0 amide bonds. The van der Waals surface area contributed by atoms with Gasteiger partial charge in [0.05, 0.1) is 0 Å². The van der Waals surface area contributed by atoms with Gasteiger partial charge in [0.15, 0.2) is 0 Å². The van der Waals surface area contributed by atoms with E-state index in [1.807, 2.05) is 0 Å². The lowest BCUT2D eigenvalue weighted by Gasteiger charge is -2.05. The zero-order valence-electron chi connectivity index (χ0n) is 14.8. The van der Waals surface area contributed by atoms with Crippen molar-refractivity contribution in [3.8, 4) is 0 Å². The molecule has 0 atom stereocenters. The summed E-state index contributed by atoms with van der Waals surface area (Å²) in [6.45, 7) is 0. The van der Waals surface area contributed by atoms with Gasteiger partial charge in [-0.15, -0.1) is 0 Å². The van der Waals surface area contributed by atoms with Crippen LogP contribution >= 0.6 is 15.2 Å². The Morgan fingerprint density at radius 2 is 0.542 bits per heavy atom. The largest absolute Gasteiger partial charge is 0.325 e. The van der Waals surface area contributed by atoms with Crippen LogP contribution in [0.2, 0.25) is 0 Å². The Hall–Kier alpha value is 0.300. The zero-order valence-corrected chi connectivity index (χ0v) is 16.6. The Labute approximate surface area is 146 Å². The fourth-order valence-corrected chi connectivity index (χ4v) is 4.03. The molecule has 0 aromatic heterocycles. The SMILES string of the molecule is O=P(O)(O)CCCCCCCCCCCCCCCCP(=O)(O)O. The molecule has 6 nitrogen and oxygen atoms in total. The molecule has 0 fully saturated rings. The predicted octanol–water partition coefficient (Wildman–Crippen LogP) is 4.80. The minimum Gasteiger partial charge on any atom is -0.324 e. The van der Waals surface area contributed by atoms with Crippen LogP contribution in [0, 0.1) is 0 Å². The molecule has 0 spiro atoms. The molecular formula is C16H36O6P2. The minimum atomic E-state index is -3.79. The Bertz CT molecular complexity index is 341. The van der Waals surface area contributed by atoms with E-state index in [-0.39, 0.29) is 12.3 Å². The molecule has 0 saturated heterocycles. The quantitative estimate of drug-likeness (QED) is 0.211. The third-order valence-corrected chi connectivity index (χ3v) is 5.95. The van der Waals surface area contributed by atoms with Gasteiger partial charge in [0, 0.05) is 12.3 Å². The molecule has 0 rings (SSSR count). The van der Waals surface area contributed by atoms with E-state index >= 15 is 0 Å². The molecule has 146 valence electrons. The lowest BCUT2D eigenvalue weighted by molar-refractivity contribution is 0.368. The van der Waals surface area contributed by atoms with Crippen LogP contribution in [0.3, 0.4) is 0 Å². The van der Waals surface area contributed by atoms with Gasteiger partial charge < -0.3 is 19.6 Å². The number of hydrogen-bond acceptors (Lipinski definition) is 2. The molecule has 24 heavy (non-hydrogen) atoms. The molecule has 8 heteroatoms. The summed E-state index contributed by atoms with van der Waals surface area (Å²) in [6, 6.07) is 0. The van der Waals surface area contributed by atoms with Crippen molar-refractivity contribution < 1.29 is 28.7 Å². The van der Waals surface area contributed by atoms with Crippen molar-refractivity contribution in [3.05, 3.63) is 0 Å². The third kappa shape index (κ3) is 22.3.